The van der Waals surface area contributed by atoms with Crippen LogP contribution in [0, 0.1) is 0 Å². The van der Waals surface area contributed by atoms with Crippen molar-refractivity contribution in [2.45, 2.75) is 52.8 Å². The highest BCUT2D eigenvalue weighted by atomic mass is 127. The Balaban J connectivity index is 0.00000729. The van der Waals surface area contributed by atoms with Gasteiger partial charge < -0.3 is 20.1 Å². The lowest BCUT2D eigenvalue weighted by molar-refractivity contribution is 0.119. The van der Waals surface area contributed by atoms with Crippen molar-refractivity contribution in [3.05, 3.63) is 29.8 Å². The fourth-order valence-corrected chi connectivity index (χ4v) is 2.93. The molecule has 0 aromatic heterocycles. The minimum absolute atomic E-state index is 0. The van der Waals surface area contributed by atoms with E-state index in [-0.39, 0.29) is 24.0 Å². The van der Waals surface area contributed by atoms with E-state index in [1.807, 2.05) is 24.3 Å². The third-order valence-corrected chi connectivity index (χ3v) is 4.40. The van der Waals surface area contributed by atoms with Crippen LogP contribution < -0.4 is 15.4 Å². The second-order valence-electron chi connectivity index (χ2n) is 7.11. The van der Waals surface area contributed by atoms with Crippen molar-refractivity contribution in [2.24, 2.45) is 4.99 Å². The summed E-state index contributed by atoms with van der Waals surface area (Å²) in [5.74, 6) is 1.71. The average molecular weight is 506 g/mol. The molecule has 2 N–H and O–H groups in total. The number of nitrogens with zero attached hydrogens (tertiary/aromatic N) is 2. The summed E-state index contributed by atoms with van der Waals surface area (Å²) in [5.41, 5.74) is 1.15. The predicted molar refractivity (Wildman–Crippen MR) is 129 cm³/mol. The van der Waals surface area contributed by atoms with Gasteiger partial charge >= 0.3 is 0 Å². The fraction of sp³-hybridized carbons (Fsp3) is 0.667. The lowest BCUT2D eigenvalue weighted by atomic mass is 10.2. The molecule has 1 aromatic carbocycles. The summed E-state index contributed by atoms with van der Waals surface area (Å²) in [6, 6.07) is 9.06. The van der Waals surface area contributed by atoms with Gasteiger partial charge in [0.1, 0.15) is 5.75 Å². The summed E-state index contributed by atoms with van der Waals surface area (Å²) in [4.78, 5) is 6.75. The summed E-state index contributed by atoms with van der Waals surface area (Å²) < 4.78 is 10.9. The molecule has 6 nitrogen and oxygen atoms in total. The molecule has 0 amide bonds. The van der Waals surface area contributed by atoms with Crippen molar-refractivity contribution in [1.29, 1.82) is 0 Å². The molecular weight excluding hydrogens is 467 g/mol. The van der Waals surface area contributed by atoms with Gasteiger partial charge in [0.2, 0.25) is 0 Å². The van der Waals surface area contributed by atoms with Gasteiger partial charge in [-0.3, -0.25) is 9.89 Å². The Bertz CT molecular complexity index is 528. The Labute approximate surface area is 188 Å². The second kappa shape index (κ2) is 15.8. The molecule has 0 aliphatic carbocycles. The first kappa shape index (κ1) is 26.9. The van der Waals surface area contributed by atoms with Gasteiger partial charge in [0, 0.05) is 45.4 Å². The number of hydrogen-bond donors (Lipinski definition) is 2. The van der Waals surface area contributed by atoms with E-state index in [1.54, 1.807) is 14.2 Å². The first-order chi connectivity index (χ1) is 13.0. The minimum atomic E-state index is 0. The minimum Gasteiger partial charge on any atom is -0.497 e. The zero-order valence-corrected chi connectivity index (χ0v) is 20.7. The average Bonchev–Trinajstić information content (AvgIpc) is 2.65. The van der Waals surface area contributed by atoms with E-state index in [0.29, 0.717) is 25.3 Å². The molecule has 0 bridgehead atoms. The van der Waals surface area contributed by atoms with Crippen LogP contribution in [0.3, 0.4) is 0 Å². The molecular formula is C21H39IN4O2. The predicted octanol–water partition coefficient (Wildman–Crippen LogP) is 3.50. The number of methoxy groups -OCH3 is 1. The molecule has 162 valence electrons. The molecule has 7 heteroatoms. The molecule has 0 aliphatic heterocycles. The first-order valence-electron chi connectivity index (χ1n) is 9.88. The van der Waals surface area contributed by atoms with Crippen LogP contribution in [0.25, 0.3) is 0 Å². The van der Waals surface area contributed by atoms with E-state index in [2.05, 4.69) is 48.2 Å². The van der Waals surface area contributed by atoms with Gasteiger partial charge in [0.05, 0.1) is 13.7 Å². The summed E-state index contributed by atoms with van der Waals surface area (Å²) in [6.45, 7) is 13.0. The van der Waals surface area contributed by atoms with Crippen molar-refractivity contribution in [1.82, 2.24) is 15.5 Å². The van der Waals surface area contributed by atoms with Crippen LogP contribution in [-0.2, 0) is 11.3 Å². The van der Waals surface area contributed by atoms with Crippen molar-refractivity contribution >= 4 is 29.9 Å². The van der Waals surface area contributed by atoms with Gasteiger partial charge in [-0.05, 0) is 51.8 Å². The molecule has 0 heterocycles. The number of rotatable bonds is 12. The van der Waals surface area contributed by atoms with Gasteiger partial charge in [-0.1, -0.05) is 12.1 Å². The monoisotopic (exact) mass is 506 g/mol. The summed E-state index contributed by atoms with van der Waals surface area (Å²) >= 11 is 0. The Kier molecular flexibility index (Phi) is 15.2. The van der Waals surface area contributed by atoms with E-state index in [0.717, 1.165) is 43.3 Å². The Hall–Kier alpha value is -1.06. The van der Waals surface area contributed by atoms with Crippen molar-refractivity contribution in [3.63, 3.8) is 0 Å². The molecule has 0 fully saturated rings. The van der Waals surface area contributed by atoms with Crippen molar-refractivity contribution in [3.8, 4) is 5.75 Å². The largest absolute Gasteiger partial charge is 0.497 e. The van der Waals surface area contributed by atoms with Gasteiger partial charge in [-0.2, -0.15) is 0 Å². The molecule has 0 aliphatic rings. The van der Waals surface area contributed by atoms with Crippen molar-refractivity contribution < 1.29 is 9.47 Å². The smallest absolute Gasteiger partial charge is 0.191 e. The standard InChI is InChI=1S/C21H38N4O2.HI/c1-17(2)25(18(3)4)14-13-24-21(22-5)23-12-7-15-27-16-19-8-10-20(26-6)11-9-19;/h8-11,17-18H,7,12-16H2,1-6H3,(H2,22,23,24);1H. The third-order valence-electron chi connectivity index (χ3n) is 4.40. The Morgan fingerprint density at radius 2 is 1.64 bits per heavy atom. The number of nitrogens with one attached hydrogen (secondary N) is 2. The van der Waals surface area contributed by atoms with E-state index in [9.17, 15) is 0 Å². The zero-order valence-electron chi connectivity index (χ0n) is 18.3. The van der Waals surface area contributed by atoms with Crippen LogP contribution in [0.15, 0.2) is 29.3 Å². The van der Waals surface area contributed by atoms with Crippen LogP contribution in [0.5, 0.6) is 5.75 Å². The third kappa shape index (κ3) is 11.1. The molecule has 0 spiro atoms. The zero-order chi connectivity index (χ0) is 20.1. The molecule has 28 heavy (non-hydrogen) atoms. The van der Waals surface area contributed by atoms with Crippen LogP contribution in [0.4, 0.5) is 0 Å². The number of halogens is 1. The highest BCUT2D eigenvalue weighted by Crippen LogP contribution is 2.11. The SMILES string of the molecule is CN=C(NCCCOCc1ccc(OC)cc1)NCCN(C(C)C)C(C)C.I. The van der Waals surface area contributed by atoms with E-state index < -0.39 is 0 Å². The summed E-state index contributed by atoms with van der Waals surface area (Å²) in [7, 11) is 3.48. The fourth-order valence-electron chi connectivity index (χ4n) is 2.93. The van der Waals surface area contributed by atoms with Crippen LogP contribution in [0.2, 0.25) is 0 Å². The van der Waals surface area contributed by atoms with Gasteiger partial charge in [-0.15, -0.1) is 24.0 Å². The number of guanidine groups is 1. The van der Waals surface area contributed by atoms with Crippen LogP contribution >= 0.6 is 24.0 Å². The Morgan fingerprint density at radius 3 is 2.18 bits per heavy atom. The molecule has 0 atom stereocenters. The lowest BCUT2D eigenvalue weighted by Crippen LogP contribution is -2.45. The number of aliphatic imine (C=N–C) groups is 1. The normalized spacial score (nSPS) is 11.7. The molecule has 0 saturated heterocycles. The molecule has 0 radical (unpaired) electrons. The number of ether oxygens (including phenoxy) is 2. The summed E-state index contributed by atoms with van der Waals surface area (Å²) in [6.07, 6.45) is 0.932. The number of benzene rings is 1. The lowest BCUT2D eigenvalue weighted by Gasteiger charge is -2.30. The maximum atomic E-state index is 5.73. The van der Waals surface area contributed by atoms with Crippen LogP contribution in [-0.4, -0.2) is 63.3 Å². The maximum Gasteiger partial charge on any atom is 0.191 e. The topological polar surface area (TPSA) is 58.1 Å². The van der Waals surface area contributed by atoms with Crippen molar-refractivity contribution in [2.75, 3.05) is 40.4 Å². The van der Waals surface area contributed by atoms with Gasteiger partial charge in [0.15, 0.2) is 5.96 Å². The summed E-state index contributed by atoms with van der Waals surface area (Å²) in [5, 5.41) is 6.72. The maximum absolute atomic E-state index is 5.73. The Morgan fingerprint density at radius 1 is 1.04 bits per heavy atom. The van der Waals surface area contributed by atoms with Gasteiger partial charge in [0.25, 0.3) is 0 Å². The van der Waals surface area contributed by atoms with Crippen LogP contribution in [0.1, 0.15) is 39.7 Å². The van der Waals surface area contributed by atoms with E-state index >= 15 is 0 Å². The van der Waals surface area contributed by atoms with E-state index in [1.165, 1.54) is 0 Å². The molecule has 1 rings (SSSR count). The molecule has 0 unspecified atom stereocenters. The van der Waals surface area contributed by atoms with E-state index in [4.69, 9.17) is 9.47 Å². The molecule has 1 aromatic rings. The highest BCUT2D eigenvalue weighted by molar-refractivity contribution is 14.0. The second-order valence-corrected chi connectivity index (χ2v) is 7.11. The first-order valence-corrected chi connectivity index (χ1v) is 9.88. The molecule has 0 saturated carbocycles. The van der Waals surface area contributed by atoms with Gasteiger partial charge in [-0.25, -0.2) is 0 Å². The number of hydrogen-bond acceptors (Lipinski definition) is 4. The quantitative estimate of drug-likeness (QED) is 0.197. The highest BCUT2D eigenvalue weighted by Gasteiger charge is 2.12.